The van der Waals surface area contributed by atoms with Crippen molar-refractivity contribution < 1.29 is 38.4 Å². The van der Waals surface area contributed by atoms with Gasteiger partial charge in [0, 0.05) is 24.6 Å². The van der Waals surface area contributed by atoms with Crippen LogP contribution in [0, 0.1) is 0 Å². The molecule has 0 fully saturated rings. The Kier molecular flexibility index (Phi) is 7.31. The fourth-order valence-corrected chi connectivity index (χ4v) is 3.36. The van der Waals surface area contributed by atoms with Gasteiger partial charge in [0.25, 0.3) is 0 Å². The lowest BCUT2D eigenvalue weighted by Crippen LogP contribution is -2.26. The molecule has 1 aliphatic rings. The van der Waals surface area contributed by atoms with E-state index in [0.717, 1.165) is 6.08 Å². The number of aromatic carboxylic acids is 1. The van der Waals surface area contributed by atoms with Crippen molar-refractivity contribution in [3.63, 3.8) is 0 Å². The predicted octanol–water partition coefficient (Wildman–Crippen LogP) is 2.94. The van der Waals surface area contributed by atoms with Crippen LogP contribution < -0.4 is 14.2 Å². The lowest BCUT2D eigenvalue weighted by atomic mass is 10.0. The van der Waals surface area contributed by atoms with Gasteiger partial charge < -0.3 is 24.1 Å². The van der Waals surface area contributed by atoms with Crippen LogP contribution in [0.1, 0.15) is 16.8 Å². The Morgan fingerprint density at radius 2 is 1.83 bits per heavy atom. The quantitative estimate of drug-likeness (QED) is 0.443. The van der Waals surface area contributed by atoms with E-state index in [0.29, 0.717) is 35.6 Å². The molecule has 184 valence electrons. The predicted molar refractivity (Wildman–Crippen MR) is 127 cm³/mol. The van der Waals surface area contributed by atoms with Crippen LogP contribution >= 0.6 is 0 Å². The van der Waals surface area contributed by atoms with Crippen LogP contribution in [0.2, 0.25) is 0 Å². The van der Waals surface area contributed by atoms with Crippen molar-refractivity contribution in [2.24, 2.45) is 4.99 Å². The summed E-state index contributed by atoms with van der Waals surface area (Å²) in [5.41, 5.74) is 0.573. The number of carboxylic acids is 1. The Labute approximate surface area is 205 Å². The number of ether oxygens (including phenoxy) is 4. The summed E-state index contributed by atoms with van der Waals surface area (Å²) in [7, 11) is 3.06. The molecule has 0 saturated carbocycles. The summed E-state index contributed by atoms with van der Waals surface area (Å²) in [6.45, 7) is 0.711. The highest BCUT2D eigenvalue weighted by molar-refractivity contribution is 6.50. The zero-order chi connectivity index (χ0) is 25.7. The first kappa shape index (κ1) is 24.5. The lowest BCUT2D eigenvalue weighted by Gasteiger charge is -2.15. The summed E-state index contributed by atoms with van der Waals surface area (Å²) in [6, 6.07) is 8.80. The van der Waals surface area contributed by atoms with Crippen LogP contribution in [-0.4, -0.2) is 65.8 Å². The molecule has 3 aromatic rings. The van der Waals surface area contributed by atoms with Gasteiger partial charge in [0.15, 0.2) is 23.1 Å². The van der Waals surface area contributed by atoms with E-state index in [1.807, 2.05) is 0 Å². The molecule has 0 bridgehead atoms. The number of carbonyl (C=O) groups excluding carboxylic acids is 2. The Bertz CT molecular complexity index is 1400. The van der Waals surface area contributed by atoms with Gasteiger partial charge in [-0.2, -0.15) is 0 Å². The summed E-state index contributed by atoms with van der Waals surface area (Å²) in [5, 5.41) is 9.49. The van der Waals surface area contributed by atoms with Crippen molar-refractivity contribution in [2.45, 2.75) is 6.42 Å². The van der Waals surface area contributed by atoms with Crippen molar-refractivity contribution >= 4 is 40.0 Å². The topological polar surface area (TPSA) is 146 Å². The number of aliphatic imine (C=N–C) groups is 1. The Hall–Kier alpha value is -4.64. The summed E-state index contributed by atoms with van der Waals surface area (Å²) >= 11 is 0. The van der Waals surface area contributed by atoms with Crippen molar-refractivity contribution in [3.8, 4) is 17.2 Å². The fourth-order valence-electron chi connectivity index (χ4n) is 3.36. The van der Waals surface area contributed by atoms with Gasteiger partial charge in [-0.05, 0) is 30.3 Å². The fraction of sp³-hybridized carbons (Fsp3) is 0.200. The molecule has 0 atom stereocenters. The number of ketones is 2. The maximum atomic E-state index is 12.7. The van der Waals surface area contributed by atoms with E-state index in [4.69, 9.17) is 24.1 Å². The van der Waals surface area contributed by atoms with Crippen LogP contribution in [0.5, 0.6) is 17.2 Å². The minimum Gasteiger partial charge on any atom is -0.493 e. The van der Waals surface area contributed by atoms with Crippen LogP contribution in [0.25, 0.3) is 10.9 Å². The average Bonchev–Trinajstić information content (AvgIpc) is 2.87. The number of nitrogens with zero attached hydrogens (tertiary/aromatic N) is 3. The highest BCUT2D eigenvalue weighted by Gasteiger charge is 2.27. The number of rotatable bonds is 9. The number of allylic oxidation sites excluding steroid dienone is 2. The lowest BCUT2D eigenvalue weighted by molar-refractivity contribution is -0.118. The number of Topliss-reactive ketones (excluding diaryl/α,β-unsaturated/α-hetero) is 1. The maximum absolute atomic E-state index is 12.7. The van der Waals surface area contributed by atoms with Crippen molar-refractivity contribution in [3.05, 3.63) is 60.1 Å². The zero-order valence-electron chi connectivity index (χ0n) is 19.4. The number of carboxylic acid groups (broad SMARTS) is 1. The van der Waals surface area contributed by atoms with E-state index in [-0.39, 0.29) is 35.0 Å². The number of aromatic nitrogens is 2. The first-order valence-corrected chi connectivity index (χ1v) is 10.7. The van der Waals surface area contributed by atoms with Gasteiger partial charge >= 0.3 is 5.97 Å². The van der Waals surface area contributed by atoms with Crippen molar-refractivity contribution in [2.75, 3.05) is 27.4 Å². The molecule has 2 aromatic carbocycles. The third-order valence-corrected chi connectivity index (χ3v) is 5.16. The molecule has 0 amide bonds. The number of methoxy groups -OCH3 is 2. The van der Waals surface area contributed by atoms with Crippen molar-refractivity contribution in [1.82, 2.24) is 9.97 Å². The van der Waals surface area contributed by atoms with Gasteiger partial charge in [0.05, 0.1) is 36.9 Å². The van der Waals surface area contributed by atoms with Crippen LogP contribution in [0.4, 0.5) is 5.82 Å². The van der Waals surface area contributed by atoms with Crippen molar-refractivity contribution in [1.29, 1.82) is 0 Å². The largest absolute Gasteiger partial charge is 0.493 e. The Morgan fingerprint density at radius 1 is 1.06 bits per heavy atom. The third kappa shape index (κ3) is 5.36. The molecule has 4 rings (SSSR count). The summed E-state index contributed by atoms with van der Waals surface area (Å²) in [4.78, 5) is 49.1. The van der Waals surface area contributed by atoms with E-state index in [9.17, 15) is 14.4 Å². The second kappa shape index (κ2) is 10.7. The highest BCUT2D eigenvalue weighted by atomic mass is 16.5. The minimum absolute atomic E-state index is 0.00652. The summed E-state index contributed by atoms with van der Waals surface area (Å²) in [6.07, 6.45) is 2.06. The number of hydrogen-bond donors (Lipinski definition) is 1. The SMILES string of the molecule is COCCOc1cc2ncnc(N=C3CC(=O)C(Oc4ccc(C(=O)O)cc4)=CC3=O)c2cc1OC. The molecule has 11 nitrogen and oxygen atoms in total. The summed E-state index contributed by atoms with van der Waals surface area (Å²) in [5.74, 6) is -0.908. The highest BCUT2D eigenvalue weighted by Crippen LogP contribution is 2.35. The van der Waals surface area contributed by atoms with E-state index in [1.165, 1.54) is 37.7 Å². The van der Waals surface area contributed by atoms with E-state index in [2.05, 4.69) is 15.0 Å². The molecule has 1 heterocycles. The third-order valence-electron chi connectivity index (χ3n) is 5.16. The number of hydrogen-bond acceptors (Lipinski definition) is 10. The number of carbonyl (C=O) groups is 3. The molecule has 0 spiro atoms. The molecule has 0 unspecified atom stereocenters. The summed E-state index contributed by atoms with van der Waals surface area (Å²) < 4.78 is 21.6. The standard InChI is InChI=1S/C25H21N3O8/c1-33-7-8-35-23-11-17-16(9-22(23)34-2)24(27-13-26-17)28-18-10-20(30)21(12-19(18)29)36-15-5-3-14(4-6-15)25(31)32/h3-6,9,11-13H,7-8,10H2,1-2H3,(H,31,32). The molecule has 36 heavy (non-hydrogen) atoms. The monoisotopic (exact) mass is 491 g/mol. The van der Waals surface area contributed by atoms with Gasteiger partial charge in [0.2, 0.25) is 11.6 Å². The number of fused-ring (bicyclic) bond motifs is 1. The Morgan fingerprint density at radius 3 is 2.53 bits per heavy atom. The molecule has 0 radical (unpaired) electrons. The van der Waals surface area contributed by atoms with Crippen LogP contribution in [0.15, 0.2) is 59.6 Å². The smallest absolute Gasteiger partial charge is 0.335 e. The normalized spacial score (nSPS) is 14.6. The zero-order valence-corrected chi connectivity index (χ0v) is 19.4. The molecule has 11 heteroatoms. The first-order chi connectivity index (χ1) is 17.4. The van der Waals surface area contributed by atoms with Crippen LogP contribution in [0.3, 0.4) is 0 Å². The van der Waals surface area contributed by atoms with Gasteiger partial charge in [-0.25, -0.2) is 19.8 Å². The maximum Gasteiger partial charge on any atom is 0.335 e. The van der Waals surface area contributed by atoms with Gasteiger partial charge in [0.1, 0.15) is 18.7 Å². The molecule has 1 aromatic heterocycles. The van der Waals surface area contributed by atoms with Crippen LogP contribution in [-0.2, 0) is 14.3 Å². The van der Waals surface area contributed by atoms with E-state index >= 15 is 0 Å². The molecular formula is C25H21N3O8. The van der Waals surface area contributed by atoms with Gasteiger partial charge in [-0.3, -0.25) is 9.59 Å². The second-order valence-electron chi connectivity index (χ2n) is 7.52. The molecule has 0 aliphatic heterocycles. The van der Waals surface area contributed by atoms with E-state index in [1.54, 1.807) is 19.2 Å². The minimum atomic E-state index is -1.09. The molecular weight excluding hydrogens is 470 g/mol. The van der Waals surface area contributed by atoms with E-state index < -0.39 is 17.5 Å². The molecule has 1 aliphatic carbocycles. The number of benzene rings is 2. The average molecular weight is 491 g/mol. The second-order valence-corrected chi connectivity index (χ2v) is 7.52. The Balaban J connectivity index is 1.60. The molecule has 0 saturated heterocycles. The van der Waals surface area contributed by atoms with Gasteiger partial charge in [-0.15, -0.1) is 0 Å². The first-order valence-electron chi connectivity index (χ1n) is 10.7. The van der Waals surface area contributed by atoms with Gasteiger partial charge in [-0.1, -0.05) is 0 Å². The molecule has 1 N–H and O–H groups in total.